The number of rotatable bonds is 5. The number of ether oxygens (including phenoxy) is 1. The van der Waals surface area contributed by atoms with Crippen LogP contribution in [-0.4, -0.2) is 36.7 Å². The molecule has 0 fully saturated rings. The number of benzene rings is 1. The number of carbonyl (C=O) groups excluding carboxylic acids is 1. The molecule has 0 unspecified atom stereocenters. The Morgan fingerprint density at radius 3 is 2.35 bits per heavy atom. The molecule has 0 bridgehead atoms. The molecular weight excluding hydrogens is 271 g/mol. The van der Waals surface area contributed by atoms with Gasteiger partial charge in [-0.15, -0.1) is 0 Å². The second-order valence-electron chi connectivity index (χ2n) is 4.36. The number of halogens is 3. The van der Waals surface area contributed by atoms with Crippen LogP contribution in [0.1, 0.15) is 29.8 Å². The van der Waals surface area contributed by atoms with E-state index in [0.29, 0.717) is 24.2 Å². The van der Waals surface area contributed by atoms with Crippen molar-refractivity contribution < 1.29 is 22.7 Å². The van der Waals surface area contributed by atoms with E-state index < -0.39 is 12.8 Å². The molecule has 0 aliphatic rings. The third kappa shape index (κ3) is 4.43. The van der Waals surface area contributed by atoms with Crippen molar-refractivity contribution in [1.82, 2.24) is 4.90 Å². The highest BCUT2D eigenvalue weighted by Gasteiger charge is 2.28. The number of aryl methyl sites for hydroxylation is 1. The molecule has 0 N–H and O–H groups in total. The molecule has 1 rings (SSSR count). The summed E-state index contributed by atoms with van der Waals surface area (Å²) in [6.07, 6.45) is -4.40. The van der Waals surface area contributed by atoms with Gasteiger partial charge in [-0.2, -0.15) is 13.2 Å². The summed E-state index contributed by atoms with van der Waals surface area (Å²) in [5.41, 5.74) is 0.891. The molecule has 1 amide bonds. The lowest BCUT2D eigenvalue weighted by molar-refractivity contribution is -0.153. The van der Waals surface area contributed by atoms with Crippen LogP contribution in [0.3, 0.4) is 0 Å². The number of nitrogens with zero attached hydrogens (tertiary/aromatic N) is 1. The molecule has 0 saturated heterocycles. The first-order valence-electron chi connectivity index (χ1n) is 6.38. The fourth-order valence-corrected chi connectivity index (χ4v) is 1.74. The molecule has 112 valence electrons. The maximum Gasteiger partial charge on any atom is 0.422 e. The molecule has 0 atom stereocenters. The first-order valence-corrected chi connectivity index (χ1v) is 6.38. The SMILES string of the molecule is CCN(CC)C(=O)c1ccc(C)c(OCC(F)(F)F)c1. The molecule has 1 aromatic rings. The van der Waals surface area contributed by atoms with Crippen molar-refractivity contribution >= 4 is 5.91 Å². The second-order valence-corrected chi connectivity index (χ2v) is 4.36. The van der Waals surface area contributed by atoms with Crippen LogP contribution in [0.4, 0.5) is 13.2 Å². The van der Waals surface area contributed by atoms with E-state index in [1.165, 1.54) is 6.07 Å². The third-order valence-electron chi connectivity index (χ3n) is 2.88. The maximum atomic E-state index is 12.2. The van der Waals surface area contributed by atoms with E-state index >= 15 is 0 Å². The van der Waals surface area contributed by atoms with Gasteiger partial charge < -0.3 is 9.64 Å². The van der Waals surface area contributed by atoms with E-state index in [-0.39, 0.29) is 11.7 Å². The Morgan fingerprint density at radius 1 is 1.25 bits per heavy atom. The summed E-state index contributed by atoms with van der Waals surface area (Å²) in [4.78, 5) is 13.7. The standard InChI is InChI=1S/C14H18F3NO2/c1-4-18(5-2)13(19)11-7-6-10(3)12(8-11)20-9-14(15,16)17/h6-8H,4-5,9H2,1-3H3. The van der Waals surface area contributed by atoms with Gasteiger partial charge in [-0.3, -0.25) is 4.79 Å². The summed E-state index contributed by atoms with van der Waals surface area (Å²) < 4.78 is 41.3. The highest BCUT2D eigenvalue weighted by Crippen LogP contribution is 2.23. The molecule has 0 heterocycles. The Labute approximate surface area is 116 Å². The first-order chi connectivity index (χ1) is 9.28. The second kappa shape index (κ2) is 6.63. The number of hydrogen-bond donors (Lipinski definition) is 0. The van der Waals surface area contributed by atoms with Crippen LogP contribution in [0.5, 0.6) is 5.75 Å². The van der Waals surface area contributed by atoms with Crippen molar-refractivity contribution in [2.45, 2.75) is 26.9 Å². The van der Waals surface area contributed by atoms with Gasteiger partial charge in [0.2, 0.25) is 0 Å². The molecule has 0 aliphatic carbocycles. The van der Waals surface area contributed by atoms with Crippen LogP contribution in [-0.2, 0) is 0 Å². The van der Waals surface area contributed by atoms with Crippen LogP contribution in [0.25, 0.3) is 0 Å². The van der Waals surface area contributed by atoms with Crippen LogP contribution < -0.4 is 4.74 Å². The van der Waals surface area contributed by atoms with E-state index in [1.807, 2.05) is 13.8 Å². The molecule has 1 aromatic carbocycles. The van der Waals surface area contributed by atoms with Crippen LogP contribution in [0.2, 0.25) is 0 Å². The molecule has 0 aliphatic heterocycles. The molecule has 0 saturated carbocycles. The highest BCUT2D eigenvalue weighted by atomic mass is 19.4. The highest BCUT2D eigenvalue weighted by molar-refractivity contribution is 5.94. The van der Waals surface area contributed by atoms with E-state index in [9.17, 15) is 18.0 Å². The van der Waals surface area contributed by atoms with Gasteiger partial charge in [-0.1, -0.05) is 6.07 Å². The maximum absolute atomic E-state index is 12.2. The predicted molar refractivity (Wildman–Crippen MR) is 70.0 cm³/mol. The Balaban J connectivity index is 2.93. The fourth-order valence-electron chi connectivity index (χ4n) is 1.74. The Morgan fingerprint density at radius 2 is 1.85 bits per heavy atom. The third-order valence-corrected chi connectivity index (χ3v) is 2.88. The van der Waals surface area contributed by atoms with Gasteiger partial charge in [0.05, 0.1) is 0 Å². The number of carbonyl (C=O) groups is 1. The molecular formula is C14H18F3NO2. The first kappa shape index (κ1) is 16.3. The van der Waals surface area contributed by atoms with Crippen LogP contribution in [0.15, 0.2) is 18.2 Å². The van der Waals surface area contributed by atoms with Crippen LogP contribution in [0, 0.1) is 6.92 Å². The molecule has 6 heteroatoms. The minimum absolute atomic E-state index is 0.0836. The Hall–Kier alpha value is -1.72. The lowest BCUT2D eigenvalue weighted by atomic mass is 10.1. The van der Waals surface area contributed by atoms with E-state index in [4.69, 9.17) is 4.74 Å². The Bertz CT molecular complexity index is 468. The zero-order valence-corrected chi connectivity index (χ0v) is 11.8. The topological polar surface area (TPSA) is 29.5 Å². The summed E-state index contributed by atoms with van der Waals surface area (Å²) in [5.74, 6) is -0.132. The minimum atomic E-state index is -4.40. The smallest absolute Gasteiger partial charge is 0.422 e. The largest absolute Gasteiger partial charge is 0.484 e. The van der Waals surface area contributed by atoms with Crippen molar-refractivity contribution in [3.63, 3.8) is 0 Å². The fraction of sp³-hybridized carbons (Fsp3) is 0.500. The minimum Gasteiger partial charge on any atom is -0.484 e. The van der Waals surface area contributed by atoms with Gasteiger partial charge in [-0.25, -0.2) is 0 Å². The van der Waals surface area contributed by atoms with Crippen molar-refractivity contribution in [1.29, 1.82) is 0 Å². The molecule has 3 nitrogen and oxygen atoms in total. The summed E-state index contributed by atoms with van der Waals surface area (Å²) in [5, 5.41) is 0. The number of amides is 1. The van der Waals surface area contributed by atoms with Gasteiger partial charge in [-0.05, 0) is 38.5 Å². The van der Waals surface area contributed by atoms with E-state index in [1.54, 1.807) is 24.0 Å². The summed E-state index contributed by atoms with van der Waals surface area (Å²) in [6.45, 7) is 5.05. The predicted octanol–water partition coefficient (Wildman–Crippen LogP) is 3.42. The number of hydrogen-bond acceptors (Lipinski definition) is 2. The van der Waals surface area contributed by atoms with Crippen molar-refractivity contribution in [2.75, 3.05) is 19.7 Å². The lowest BCUT2D eigenvalue weighted by Gasteiger charge is -2.19. The van der Waals surface area contributed by atoms with Crippen molar-refractivity contribution in [3.8, 4) is 5.75 Å². The molecule has 20 heavy (non-hydrogen) atoms. The normalized spacial score (nSPS) is 11.3. The lowest BCUT2D eigenvalue weighted by Crippen LogP contribution is -2.30. The average Bonchev–Trinajstić information content (AvgIpc) is 2.38. The molecule has 0 spiro atoms. The van der Waals surface area contributed by atoms with E-state index in [2.05, 4.69) is 0 Å². The number of alkyl halides is 3. The average molecular weight is 289 g/mol. The summed E-state index contributed by atoms with van der Waals surface area (Å²) >= 11 is 0. The van der Waals surface area contributed by atoms with Gasteiger partial charge in [0.25, 0.3) is 5.91 Å². The van der Waals surface area contributed by atoms with Crippen LogP contribution >= 0.6 is 0 Å². The monoisotopic (exact) mass is 289 g/mol. The van der Waals surface area contributed by atoms with E-state index in [0.717, 1.165) is 0 Å². The van der Waals surface area contributed by atoms with Gasteiger partial charge in [0, 0.05) is 18.7 Å². The zero-order valence-electron chi connectivity index (χ0n) is 11.8. The molecule has 0 aromatic heterocycles. The van der Waals surface area contributed by atoms with Crippen molar-refractivity contribution in [3.05, 3.63) is 29.3 Å². The quantitative estimate of drug-likeness (QED) is 0.831. The zero-order chi connectivity index (χ0) is 15.3. The summed E-state index contributed by atoms with van der Waals surface area (Å²) in [7, 11) is 0. The van der Waals surface area contributed by atoms with Crippen molar-refractivity contribution in [2.24, 2.45) is 0 Å². The summed E-state index contributed by atoms with van der Waals surface area (Å²) in [6, 6.07) is 4.54. The molecule has 0 radical (unpaired) electrons. The van der Waals surface area contributed by atoms with Gasteiger partial charge in [0.15, 0.2) is 6.61 Å². The van der Waals surface area contributed by atoms with Gasteiger partial charge in [0.1, 0.15) is 5.75 Å². The van der Waals surface area contributed by atoms with Gasteiger partial charge >= 0.3 is 6.18 Å². The Kier molecular flexibility index (Phi) is 5.42.